The van der Waals surface area contributed by atoms with Crippen LogP contribution in [0.1, 0.15) is 11.8 Å². The van der Waals surface area contributed by atoms with E-state index in [0.29, 0.717) is 6.54 Å². The van der Waals surface area contributed by atoms with Crippen molar-refractivity contribution in [2.75, 3.05) is 39.3 Å². The molecule has 0 atom stereocenters. The monoisotopic (exact) mass is 420 g/mol. The molecule has 0 saturated carbocycles. The van der Waals surface area contributed by atoms with Gasteiger partial charge in [-0.2, -0.15) is 0 Å². The maximum atomic E-state index is 11.9. The number of carbonyl (C=O) groups is 2. The third-order valence-electron chi connectivity index (χ3n) is 4.60. The minimum atomic E-state index is -0.432. The Labute approximate surface area is 174 Å². The van der Waals surface area contributed by atoms with Crippen molar-refractivity contribution in [2.24, 2.45) is 0 Å². The molecule has 1 aliphatic heterocycles. The molecular weight excluding hydrogens is 396 g/mol. The second-order valence-electron chi connectivity index (χ2n) is 6.71. The lowest BCUT2D eigenvalue weighted by molar-refractivity contribution is -0.121. The number of thiophene rings is 1. The number of nitrogens with zero attached hydrogens (tertiary/aromatic N) is 2. The van der Waals surface area contributed by atoms with Crippen LogP contribution in [-0.4, -0.2) is 61.0 Å². The first-order valence-corrected chi connectivity index (χ1v) is 10.6. The van der Waals surface area contributed by atoms with Crippen LogP contribution in [0.15, 0.2) is 36.4 Å². The molecule has 0 unspecified atom stereocenters. The molecule has 1 aliphatic rings. The molecule has 0 radical (unpaired) electrons. The second kappa shape index (κ2) is 10.0. The van der Waals surface area contributed by atoms with Gasteiger partial charge in [-0.05, 0) is 25.1 Å². The van der Waals surface area contributed by atoms with Crippen molar-refractivity contribution in [3.05, 3.63) is 46.3 Å². The van der Waals surface area contributed by atoms with Crippen LogP contribution >= 0.6 is 22.9 Å². The van der Waals surface area contributed by atoms with E-state index in [1.165, 1.54) is 9.75 Å². The van der Waals surface area contributed by atoms with Crippen molar-refractivity contribution in [2.45, 2.75) is 13.5 Å². The first-order valence-electron chi connectivity index (χ1n) is 9.41. The Kier molecular flexibility index (Phi) is 7.44. The Morgan fingerprint density at radius 2 is 1.79 bits per heavy atom. The van der Waals surface area contributed by atoms with Gasteiger partial charge in [-0.1, -0.05) is 29.8 Å². The number of carbonyl (C=O) groups excluding carboxylic acids is 2. The predicted molar refractivity (Wildman–Crippen MR) is 114 cm³/mol. The van der Waals surface area contributed by atoms with E-state index >= 15 is 0 Å². The molecule has 28 heavy (non-hydrogen) atoms. The average molecular weight is 421 g/mol. The van der Waals surface area contributed by atoms with Gasteiger partial charge in [0.05, 0.1) is 6.54 Å². The molecule has 1 aromatic heterocycles. The van der Waals surface area contributed by atoms with Crippen LogP contribution in [0.4, 0.5) is 4.79 Å². The van der Waals surface area contributed by atoms with Gasteiger partial charge in [-0.25, -0.2) is 4.79 Å². The zero-order valence-corrected chi connectivity index (χ0v) is 17.5. The van der Waals surface area contributed by atoms with E-state index in [9.17, 15) is 9.59 Å². The summed E-state index contributed by atoms with van der Waals surface area (Å²) in [5, 5.41) is 5.68. The van der Waals surface area contributed by atoms with Crippen LogP contribution in [0.25, 0.3) is 10.4 Å². The average Bonchev–Trinajstić information content (AvgIpc) is 3.12. The van der Waals surface area contributed by atoms with E-state index < -0.39 is 6.03 Å². The van der Waals surface area contributed by atoms with E-state index in [2.05, 4.69) is 32.6 Å². The van der Waals surface area contributed by atoms with Crippen molar-refractivity contribution in [1.29, 1.82) is 0 Å². The third-order valence-corrected chi connectivity index (χ3v) is 6.04. The normalized spacial score (nSPS) is 15.4. The number of halogens is 1. The van der Waals surface area contributed by atoms with Crippen molar-refractivity contribution < 1.29 is 9.59 Å². The summed E-state index contributed by atoms with van der Waals surface area (Å²) in [6.07, 6.45) is 0. The molecule has 2 N–H and O–H groups in total. The van der Waals surface area contributed by atoms with Crippen LogP contribution in [-0.2, 0) is 11.3 Å². The summed E-state index contributed by atoms with van der Waals surface area (Å²) in [5.41, 5.74) is 1.07. The zero-order valence-electron chi connectivity index (χ0n) is 15.9. The number of amides is 3. The molecule has 3 amide bonds. The molecular formula is C20H25ClN4O2S. The number of hydrogen-bond donors (Lipinski definition) is 2. The molecule has 8 heteroatoms. The van der Waals surface area contributed by atoms with Crippen molar-refractivity contribution in [3.63, 3.8) is 0 Å². The number of urea groups is 1. The van der Waals surface area contributed by atoms with E-state index in [0.717, 1.165) is 43.3 Å². The van der Waals surface area contributed by atoms with Crippen LogP contribution in [0.5, 0.6) is 0 Å². The molecule has 2 heterocycles. The van der Waals surface area contributed by atoms with E-state index in [1.807, 2.05) is 31.2 Å². The summed E-state index contributed by atoms with van der Waals surface area (Å²) < 4.78 is 0. The minimum Gasteiger partial charge on any atom is -0.338 e. The molecule has 2 aromatic rings. The Morgan fingerprint density at radius 3 is 2.50 bits per heavy atom. The summed E-state index contributed by atoms with van der Waals surface area (Å²) in [4.78, 5) is 30.2. The predicted octanol–water partition coefficient (Wildman–Crippen LogP) is 3.03. The minimum absolute atomic E-state index is 0.251. The molecule has 0 aliphatic carbocycles. The van der Waals surface area contributed by atoms with Gasteiger partial charge in [-0.3, -0.25) is 19.9 Å². The molecule has 0 spiro atoms. The highest BCUT2D eigenvalue weighted by molar-refractivity contribution is 7.15. The summed E-state index contributed by atoms with van der Waals surface area (Å²) in [5.74, 6) is -0.262. The first kappa shape index (κ1) is 20.8. The zero-order chi connectivity index (χ0) is 19.9. The summed E-state index contributed by atoms with van der Waals surface area (Å²) in [6, 6.07) is 11.8. The maximum Gasteiger partial charge on any atom is 0.321 e. The Hall–Kier alpha value is -1.93. The van der Waals surface area contributed by atoms with Crippen molar-refractivity contribution >= 4 is 34.9 Å². The number of rotatable bonds is 6. The van der Waals surface area contributed by atoms with Gasteiger partial charge in [0.15, 0.2) is 0 Å². The highest BCUT2D eigenvalue weighted by atomic mass is 35.5. The lowest BCUT2D eigenvalue weighted by Gasteiger charge is -2.33. The van der Waals surface area contributed by atoms with E-state index in [-0.39, 0.29) is 12.5 Å². The highest BCUT2D eigenvalue weighted by Crippen LogP contribution is 2.33. The van der Waals surface area contributed by atoms with Gasteiger partial charge >= 0.3 is 6.03 Å². The molecule has 1 aromatic carbocycles. The van der Waals surface area contributed by atoms with Crippen LogP contribution < -0.4 is 10.6 Å². The molecule has 0 bridgehead atoms. The smallest absolute Gasteiger partial charge is 0.321 e. The van der Waals surface area contributed by atoms with Crippen molar-refractivity contribution in [1.82, 2.24) is 20.4 Å². The third kappa shape index (κ3) is 5.78. The second-order valence-corrected chi connectivity index (χ2v) is 8.28. The number of hydrogen-bond acceptors (Lipinski definition) is 5. The summed E-state index contributed by atoms with van der Waals surface area (Å²) >= 11 is 8.07. The van der Waals surface area contributed by atoms with Crippen molar-refractivity contribution in [3.8, 4) is 10.4 Å². The van der Waals surface area contributed by atoms with Gasteiger partial charge < -0.3 is 5.32 Å². The molecule has 150 valence electrons. The number of nitrogens with one attached hydrogen (secondary N) is 2. The van der Waals surface area contributed by atoms with E-state index in [1.54, 1.807) is 11.3 Å². The number of piperazine rings is 1. The summed E-state index contributed by atoms with van der Waals surface area (Å²) in [7, 11) is 0. The SMILES string of the molecule is CCNC(=O)NC(=O)CN1CCN(Cc2ccc(-c3ccccc3Cl)s2)CC1. The molecule has 1 saturated heterocycles. The molecule has 6 nitrogen and oxygen atoms in total. The Bertz CT molecular complexity index is 818. The highest BCUT2D eigenvalue weighted by Gasteiger charge is 2.20. The van der Waals surface area contributed by atoms with Gasteiger partial charge in [0.25, 0.3) is 0 Å². The Morgan fingerprint density at radius 1 is 1.07 bits per heavy atom. The lowest BCUT2D eigenvalue weighted by atomic mass is 10.2. The summed E-state index contributed by atoms with van der Waals surface area (Å²) in [6.45, 7) is 6.88. The first-order chi connectivity index (χ1) is 13.5. The van der Waals surface area contributed by atoms with E-state index in [4.69, 9.17) is 11.6 Å². The largest absolute Gasteiger partial charge is 0.338 e. The van der Waals surface area contributed by atoms with Crippen LogP contribution in [0.3, 0.4) is 0 Å². The fourth-order valence-corrected chi connectivity index (χ4v) is 4.55. The van der Waals surface area contributed by atoms with Gasteiger partial charge in [-0.15, -0.1) is 11.3 Å². The van der Waals surface area contributed by atoms with Gasteiger partial charge in [0, 0.05) is 59.6 Å². The van der Waals surface area contributed by atoms with Gasteiger partial charge in [0.2, 0.25) is 5.91 Å². The molecule has 3 rings (SSSR count). The maximum absolute atomic E-state index is 11.9. The number of benzene rings is 1. The van der Waals surface area contributed by atoms with Crippen LogP contribution in [0.2, 0.25) is 5.02 Å². The topological polar surface area (TPSA) is 64.7 Å². The lowest BCUT2D eigenvalue weighted by Crippen LogP contribution is -2.50. The fourth-order valence-electron chi connectivity index (χ4n) is 3.17. The van der Waals surface area contributed by atoms with Crippen LogP contribution in [0, 0.1) is 0 Å². The fraction of sp³-hybridized carbons (Fsp3) is 0.400. The van der Waals surface area contributed by atoms with Gasteiger partial charge in [0.1, 0.15) is 0 Å². The standard InChI is InChI=1S/C20H25ClN4O2S/c1-2-22-20(27)23-19(26)14-25-11-9-24(10-12-25)13-15-7-8-18(28-15)16-5-3-4-6-17(16)21/h3-8H,2,9-14H2,1H3,(H2,22,23,26,27). The molecule has 1 fully saturated rings. The number of imide groups is 1. The quantitative estimate of drug-likeness (QED) is 0.753. The Balaban J connectivity index is 1.45.